The molecule has 1 aromatic rings. The first-order valence-corrected chi connectivity index (χ1v) is 4.87. The van der Waals surface area contributed by atoms with Crippen molar-refractivity contribution in [1.29, 1.82) is 0 Å². The zero-order valence-electron chi connectivity index (χ0n) is 9.56. The van der Waals surface area contributed by atoms with Crippen LogP contribution in [0, 0.1) is 24.6 Å². The molecule has 0 fully saturated rings. The molecule has 3 heteroatoms. The first kappa shape index (κ1) is 12.3. The maximum atomic E-state index is 13.7. The van der Waals surface area contributed by atoms with Crippen molar-refractivity contribution in [3.63, 3.8) is 0 Å². The van der Waals surface area contributed by atoms with E-state index >= 15 is 0 Å². The number of rotatable bonds is 2. The second-order valence-electron chi connectivity index (χ2n) is 3.38. The van der Waals surface area contributed by atoms with Gasteiger partial charge in [-0.25, -0.2) is 4.39 Å². The lowest BCUT2D eigenvalue weighted by atomic mass is 10.0. The number of methoxy groups -OCH3 is 1. The summed E-state index contributed by atoms with van der Waals surface area (Å²) in [4.78, 5) is 11.1. The largest absolute Gasteiger partial charge is 0.469 e. The number of hydrogen-bond acceptors (Lipinski definition) is 2. The van der Waals surface area contributed by atoms with Crippen molar-refractivity contribution >= 4 is 5.97 Å². The van der Waals surface area contributed by atoms with Gasteiger partial charge >= 0.3 is 5.97 Å². The van der Waals surface area contributed by atoms with Crippen LogP contribution in [0.25, 0.3) is 0 Å². The highest BCUT2D eigenvalue weighted by Gasteiger charge is 2.12. The maximum Gasteiger partial charge on any atom is 0.310 e. The van der Waals surface area contributed by atoms with Crippen molar-refractivity contribution in [1.82, 2.24) is 0 Å². The molecule has 0 amide bonds. The van der Waals surface area contributed by atoms with Crippen molar-refractivity contribution in [2.75, 3.05) is 7.11 Å². The van der Waals surface area contributed by atoms with Gasteiger partial charge in [0.2, 0.25) is 0 Å². The summed E-state index contributed by atoms with van der Waals surface area (Å²) < 4.78 is 18.2. The van der Waals surface area contributed by atoms with Crippen LogP contribution < -0.4 is 0 Å². The quantitative estimate of drug-likeness (QED) is 0.564. The number of ether oxygens (including phenoxy) is 1. The monoisotopic (exact) mass is 220 g/mol. The minimum atomic E-state index is -0.448. The third kappa shape index (κ3) is 2.83. The number of aryl methyl sites for hydroxylation is 1. The molecule has 0 aliphatic rings. The third-order valence-electron chi connectivity index (χ3n) is 2.24. The zero-order valence-corrected chi connectivity index (χ0v) is 9.56. The number of halogens is 1. The van der Waals surface area contributed by atoms with Gasteiger partial charge in [0.25, 0.3) is 0 Å². The van der Waals surface area contributed by atoms with Crippen LogP contribution in [0.5, 0.6) is 0 Å². The molecule has 0 bridgehead atoms. The van der Waals surface area contributed by atoms with E-state index in [0.29, 0.717) is 16.7 Å². The number of hydrogen-bond donors (Lipinski definition) is 0. The van der Waals surface area contributed by atoms with Crippen molar-refractivity contribution in [3.8, 4) is 11.8 Å². The molecule has 0 aromatic heterocycles. The van der Waals surface area contributed by atoms with Gasteiger partial charge in [-0.15, -0.1) is 5.92 Å². The fourth-order valence-corrected chi connectivity index (χ4v) is 1.43. The summed E-state index contributed by atoms with van der Waals surface area (Å²) in [5.74, 6) is 4.62. The average molecular weight is 220 g/mol. The minimum absolute atomic E-state index is 0.0476. The van der Waals surface area contributed by atoms with Crippen LogP contribution >= 0.6 is 0 Å². The van der Waals surface area contributed by atoms with E-state index < -0.39 is 11.8 Å². The lowest BCUT2D eigenvalue weighted by molar-refractivity contribution is -0.139. The van der Waals surface area contributed by atoms with Crippen LogP contribution in [0.15, 0.2) is 12.1 Å². The fraction of sp³-hybridized carbons (Fsp3) is 0.308. The van der Waals surface area contributed by atoms with Gasteiger partial charge in [-0.2, -0.15) is 0 Å². The molecule has 0 spiro atoms. The van der Waals surface area contributed by atoms with Crippen molar-refractivity contribution < 1.29 is 13.9 Å². The van der Waals surface area contributed by atoms with Crippen LogP contribution in [-0.2, 0) is 16.0 Å². The van der Waals surface area contributed by atoms with E-state index in [1.165, 1.54) is 13.2 Å². The Labute approximate surface area is 94.4 Å². The number of benzene rings is 1. The maximum absolute atomic E-state index is 13.7. The molecule has 0 radical (unpaired) electrons. The summed E-state index contributed by atoms with van der Waals surface area (Å²) in [5, 5.41) is 0. The van der Waals surface area contributed by atoms with Gasteiger partial charge in [-0.3, -0.25) is 4.79 Å². The van der Waals surface area contributed by atoms with Crippen molar-refractivity contribution in [2.45, 2.75) is 20.3 Å². The van der Waals surface area contributed by atoms with Crippen molar-refractivity contribution in [3.05, 3.63) is 34.6 Å². The van der Waals surface area contributed by atoms with Crippen LogP contribution in [0.3, 0.4) is 0 Å². The van der Waals surface area contributed by atoms with Gasteiger partial charge < -0.3 is 4.74 Å². The number of carbonyl (C=O) groups excluding carboxylic acids is 1. The molecule has 0 aliphatic heterocycles. The molecule has 2 nitrogen and oxygen atoms in total. The topological polar surface area (TPSA) is 26.3 Å². The number of esters is 1. The SMILES string of the molecule is CC#Cc1cc(C)c(CC(=O)OC)c(F)c1. The minimum Gasteiger partial charge on any atom is -0.469 e. The van der Waals surface area contributed by atoms with Crippen LogP contribution in [-0.4, -0.2) is 13.1 Å². The molecule has 0 saturated heterocycles. The van der Waals surface area contributed by atoms with E-state index in [0.717, 1.165) is 0 Å². The average Bonchev–Trinajstić information content (AvgIpc) is 2.23. The second kappa shape index (κ2) is 5.32. The Morgan fingerprint density at radius 2 is 2.19 bits per heavy atom. The molecular formula is C13H13FO2. The Morgan fingerprint density at radius 1 is 1.50 bits per heavy atom. The van der Waals surface area contributed by atoms with Gasteiger partial charge in [-0.1, -0.05) is 5.92 Å². The summed E-state index contributed by atoms with van der Waals surface area (Å²) in [7, 11) is 1.28. The molecule has 16 heavy (non-hydrogen) atoms. The Hall–Kier alpha value is -1.82. The summed E-state index contributed by atoms with van der Waals surface area (Å²) in [6.07, 6.45) is -0.0476. The molecule has 0 aliphatic carbocycles. The highest BCUT2D eigenvalue weighted by Crippen LogP contribution is 2.16. The Bertz CT molecular complexity index is 444. The van der Waals surface area contributed by atoms with E-state index in [4.69, 9.17) is 0 Å². The predicted molar refractivity (Wildman–Crippen MR) is 59.4 cm³/mol. The molecular weight excluding hydrogens is 207 g/mol. The van der Waals surface area contributed by atoms with Gasteiger partial charge in [-0.05, 0) is 31.5 Å². The third-order valence-corrected chi connectivity index (χ3v) is 2.24. The molecule has 0 N–H and O–H groups in total. The first-order valence-electron chi connectivity index (χ1n) is 4.87. The normalized spacial score (nSPS) is 9.25. The molecule has 84 valence electrons. The summed E-state index contributed by atoms with van der Waals surface area (Å²) in [6.45, 7) is 3.44. The summed E-state index contributed by atoms with van der Waals surface area (Å²) in [6, 6.07) is 3.10. The van der Waals surface area contributed by atoms with Crippen LogP contribution in [0.4, 0.5) is 4.39 Å². The van der Waals surface area contributed by atoms with E-state index in [1.54, 1.807) is 19.9 Å². The second-order valence-corrected chi connectivity index (χ2v) is 3.38. The summed E-state index contributed by atoms with van der Waals surface area (Å²) >= 11 is 0. The molecule has 0 atom stereocenters. The molecule has 0 unspecified atom stereocenters. The molecule has 0 heterocycles. The van der Waals surface area contributed by atoms with Crippen LogP contribution in [0.2, 0.25) is 0 Å². The van der Waals surface area contributed by atoms with E-state index in [2.05, 4.69) is 16.6 Å². The van der Waals surface area contributed by atoms with Gasteiger partial charge in [0, 0.05) is 11.1 Å². The van der Waals surface area contributed by atoms with E-state index in [9.17, 15) is 9.18 Å². The van der Waals surface area contributed by atoms with Gasteiger partial charge in [0.1, 0.15) is 5.82 Å². The first-order chi connectivity index (χ1) is 7.58. The fourth-order valence-electron chi connectivity index (χ4n) is 1.43. The van der Waals surface area contributed by atoms with Crippen LogP contribution in [0.1, 0.15) is 23.6 Å². The van der Waals surface area contributed by atoms with E-state index in [-0.39, 0.29) is 6.42 Å². The Morgan fingerprint density at radius 3 is 2.69 bits per heavy atom. The lowest BCUT2D eigenvalue weighted by Crippen LogP contribution is -2.08. The Balaban J connectivity index is 3.10. The standard InChI is InChI=1S/C13H13FO2/c1-4-5-10-6-9(2)11(12(14)7-10)8-13(15)16-3/h6-7H,8H2,1-3H3. The molecule has 1 rings (SSSR count). The smallest absolute Gasteiger partial charge is 0.310 e. The highest BCUT2D eigenvalue weighted by molar-refractivity contribution is 5.73. The molecule has 1 aromatic carbocycles. The highest BCUT2D eigenvalue weighted by atomic mass is 19.1. The van der Waals surface area contributed by atoms with Gasteiger partial charge in [0.15, 0.2) is 0 Å². The van der Waals surface area contributed by atoms with E-state index in [1.807, 2.05) is 0 Å². The lowest BCUT2D eigenvalue weighted by Gasteiger charge is -2.06. The zero-order chi connectivity index (χ0) is 12.1. The predicted octanol–water partition coefficient (Wildman–Crippen LogP) is 2.22. The Kier molecular flexibility index (Phi) is 4.07. The van der Waals surface area contributed by atoms with Crippen molar-refractivity contribution in [2.24, 2.45) is 0 Å². The number of carbonyl (C=O) groups is 1. The summed E-state index contributed by atoms with van der Waals surface area (Å²) in [5.41, 5.74) is 1.70. The molecule has 0 saturated carbocycles. The van der Waals surface area contributed by atoms with Gasteiger partial charge in [0.05, 0.1) is 13.5 Å².